The molecule has 1 unspecified atom stereocenters. The van der Waals surface area contributed by atoms with Crippen LogP contribution in [0.1, 0.15) is 81.5 Å². The molecular weight excluding hydrogens is 340 g/mol. The fraction of sp³-hybridized carbons (Fsp3) is 0.407. The van der Waals surface area contributed by atoms with Gasteiger partial charge in [0.2, 0.25) is 0 Å². The third kappa shape index (κ3) is 3.55. The van der Waals surface area contributed by atoms with Gasteiger partial charge in [0.15, 0.2) is 0 Å². The highest BCUT2D eigenvalue weighted by Crippen LogP contribution is 2.52. The molecule has 2 aromatic rings. The first kappa shape index (κ1) is 19.1. The predicted octanol–water partition coefficient (Wildman–Crippen LogP) is 7.66. The summed E-state index contributed by atoms with van der Waals surface area (Å²) in [5.74, 6) is 1.23. The van der Waals surface area contributed by atoms with Crippen LogP contribution in [0.25, 0.3) is 11.6 Å². The highest BCUT2D eigenvalue weighted by Gasteiger charge is 2.45. The van der Waals surface area contributed by atoms with Crippen molar-refractivity contribution in [2.24, 2.45) is 0 Å². The van der Waals surface area contributed by atoms with Crippen molar-refractivity contribution in [1.82, 2.24) is 0 Å². The number of aryl methyl sites for hydroxylation is 1. The molecule has 0 saturated heterocycles. The van der Waals surface area contributed by atoms with E-state index in [-0.39, 0.29) is 5.60 Å². The normalized spacial score (nSPS) is 20.8. The summed E-state index contributed by atoms with van der Waals surface area (Å²) >= 11 is 0. The molecule has 0 bridgehead atoms. The van der Waals surface area contributed by atoms with E-state index in [0.717, 1.165) is 19.3 Å². The standard InChI is InChI=1S/C27H32O/c1-4-5-16-26-24(23-14-8-6-12-22(23)18-20(2)3)19-27(28-26)17-10-13-21-11-7-9-15-25(21)27/h6-9,11-12,14-15,18H,4-5,10,13,16-17,19H2,1-3H3. The number of hydrogen-bond acceptors (Lipinski definition) is 1. The van der Waals surface area contributed by atoms with Gasteiger partial charge in [0.1, 0.15) is 11.4 Å². The van der Waals surface area contributed by atoms with E-state index in [9.17, 15) is 0 Å². The molecule has 1 heteroatoms. The summed E-state index contributed by atoms with van der Waals surface area (Å²) in [6.45, 7) is 6.61. The Balaban J connectivity index is 1.79. The Hall–Kier alpha value is -2.28. The first-order valence-electron chi connectivity index (χ1n) is 10.9. The first-order chi connectivity index (χ1) is 13.6. The van der Waals surface area contributed by atoms with E-state index in [1.54, 1.807) is 0 Å². The van der Waals surface area contributed by atoms with Crippen molar-refractivity contribution in [2.45, 2.75) is 71.3 Å². The molecule has 0 amide bonds. The second-order valence-electron chi connectivity index (χ2n) is 8.60. The van der Waals surface area contributed by atoms with Crippen LogP contribution in [-0.2, 0) is 16.8 Å². The van der Waals surface area contributed by atoms with Gasteiger partial charge in [-0.25, -0.2) is 0 Å². The third-order valence-corrected chi connectivity index (χ3v) is 6.14. The van der Waals surface area contributed by atoms with Crippen LogP contribution in [0, 0.1) is 0 Å². The fourth-order valence-electron chi connectivity index (χ4n) is 4.88. The molecule has 1 nitrogen and oxygen atoms in total. The smallest absolute Gasteiger partial charge is 0.138 e. The molecule has 146 valence electrons. The maximum Gasteiger partial charge on any atom is 0.138 e. The number of fused-ring (bicyclic) bond motifs is 2. The van der Waals surface area contributed by atoms with Gasteiger partial charge >= 0.3 is 0 Å². The molecule has 1 atom stereocenters. The number of allylic oxidation sites excluding steroid dienone is 2. The van der Waals surface area contributed by atoms with E-state index >= 15 is 0 Å². The minimum absolute atomic E-state index is 0.161. The summed E-state index contributed by atoms with van der Waals surface area (Å²) in [5, 5.41) is 0. The third-order valence-electron chi connectivity index (χ3n) is 6.14. The number of hydrogen-bond donors (Lipinski definition) is 0. The molecule has 28 heavy (non-hydrogen) atoms. The van der Waals surface area contributed by atoms with E-state index < -0.39 is 0 Å². The number of ether oxygens (including phenoxy) is 1. The Morgan fingerprint density at radius 3 is 2.68 bits per heavy atom. The molecule has 1 aliphatic heterocycles. The van der Waals surface area contributed by atoms with Crippen LogP contribution in [0.2, 0.25) is 0 Å². The van der Waals surface area contributed by atoms with Crippen LogP contribution in [0.15, 0.2) is 59.9 Å². The average Bonchev–Trinajstić information content (AvgIpc) is 3.05. The summed E-state index contributed by atoms with van der Waals surface area (Å²) < 4.78 is 6.90. The highest BCUT2D eigenvalue weighted by molar-refractivity contribution is 5.78. The topological polar surface area (TPSA) is 9.23 Å². The monoisotopic (exact) mass is 372 g/mol. The predicted molar refractivity (Wildman–Crippen MR) is 119 cm³/mol. The molecule has 2 aromatic carbocycles. The minimum Gasteiger partial charge on any atom is -0.486 e. The molecule has 0 N–H and O–H groups in total. The lowest BCUT2D eigenvalue weighted by atomic mass is 9.75. The lowest BCUT2D eigenvalue weighted by Gasteiger charge is -2.36. The van der Waals surface area contributed by atoms with Gasteiger partial charge in [-0.3, -0.25) is 0 Å². The Morgan fingerprint density at radius 1 is 1.07 bits per heavy atom. The maximum atomic E-state index is 6.90. The molecule has 1 spiro atoms. The number of rotatable bonds is 5. The van der Waals surface area contributed by atoms with Crippen LogP contribution >= 0.6 is 0 Å². The fourth-order valence-corrected chi connectivity index (χ4v) is 4.88. The van der Waals surface area contributed by atoms with E-state index in [0.29, 0.717) is 0 Å². The van der Waals surface area contributed by atoms with Crippen molar-refractivity contribution in [2.75, 3.05) is 0 Å². The van der Waals surface area contributed by atoms with Gasteiger partial charge in [0.25, 0.3) is 0 Å². The molecule has 0 aromatic heterocycles. The summed E-state index contributed by atoms with van der Waals surface area (Å²) in [6, 6.07) is 17.8. The van der Waals surface area contributed by atoms with Crippen LogP contribution in [-0.4, -0.2) is 0 Å². The molecule has 0 saturated carbocycles. The second-order valence-corrected chi connectivity index (χ2v) is 8.60. The lowest BCUT2D eigenvalue weighted by molar-refractivity contribution is 0.00250. The van der Waals surface area contributed by atoms with Crippen molar-refractivity contribution >= 4 is 11.6 Å². The number of benzene rings is 2. The zero-order valence-corrected chi connectivity index (χ0v) is 17.6. The van der Waals surface area contributed by atoms with E-state index in [1.165, 1.54) is 64.8 Å². The van der Waals surface area contributed by atoms with Crippen LogP contribution in [0.5, 0.6) is 0 Å². The zero-order chi connectivity index (χ0) is 19.6. The van der Waals surface area contributed by atoms with Crippen molar-refractivity contribution in [3.05, 3.63) is 82.1 Å². The van der Waals surface area contributed by atoms with E-state index in [4.69, 9.17) is 4.74 Å². The number of unbranched alkanes of at least 4 members (excludes halogenated alkanes) is 1. The highest BCUT2D eigenvalue weighted by atomic mass is 16.5. The average molecular weight is 373 g/mol. The van der Waals surface area contributed by atoms with Crippen molar-refractivity contribution < 1.29 is 4.74 Å². The maximum absolute atomic E-state index is 6.90. The van der Waals surface area contributed by atoms with Gasteiger partial charge in [-0.15, -0.1) is 0 Å². The molecular formula is C27H32O. The Morgan fingerprint density at radius 2 is 1.86 bits per heavy atom. The second kappa shape index (κ2) is 7.99. The van der Waals surface area contributed by atoms with Gasteiger partial charge in [0, 0.05) is 18.4 Å². The SMILES string of the molecule is CCCCC1=C(c2ccccc2C=C(C)C)CC2(CCCc3ccccc32)O1. The van der Waals surface area contributed by atoms with Crippen molar-refractivity contribution in [3.8, 4) is 0 Å². The Labute approximate surface area is 170 Å². The molecule has 2 aliphatic rings. The van der Waals surface area contributed by atoms with Crippen molar-refractivity contribution in [1.29, 1.82) is 0 Å². The Kier molecular flexibility index (Phi) is 5.44. The molecule has 1 heterocycles. The van der Waals surface area contributed by atoms with Gasteiger partial charge in [0.05, 0.1) is 0 Å². The molecule has 0 radical (unpaired) electrons. The molecule has 1 aliphatic carbocycles. The Bertz CT molecular complexity index is 913. The summed E-state index contributed by atoms with van der Waals surface area (Å²) in [6.07, 6.45) is 10.2. The molecule has 4 rings (SSSR count). The largest absolute Gasteiger partial charge is 0.486 e. The van der Waals surface area contributed by atoms with E-state index in [1.807, 2.05) is 0 Å². The van der Waals surface area contributed by atoms with Crippen LogP contribution in [0.4, 0.5) is 0 Å². The minimum atomic E-state index is -0.161. The van der Waals surface area contributed by atoms with E-state index in [2.05, 4.69) is 75.4 Å². The van der Waals surface area contributed by atoms with Gasteiger partial charge in [-0.05, 0) is 61.8 Å². The molecule has 0 fully saturated rings. The van der Waals surface area contributed by atoms with Crippen molar-refractivity contribution in [3.63, 3.8) is 0 Å². The van der Waals surface area contributed by atoms with Gasteiger partial charge in [-0.2, -0.15) is 0 Å². The van der Waals surface area contributed by atoms with Gasteiger partial charge < -0.3 is 4.74 Å². The van der Waals surface area contributed by atoms with Crippen LogP contribution in [0.3, 0.4) is 0 Å². The summed E-state index contributed by atoms with van der Waals surface area (Å²) in [5.41, 5.74) is 8.17. The first-order valence-corrected chi connectivity index (χ1v) is 10.9. The summed E-state index contributed by atoms with van der Waals surface area (Å²) in [4.78, 5) is 0. The summed E-state index contributed by atoms with van der Waals surface area (Å²) in [7, 11) is 0. The van der Waals surface area contributed by atoms with Crippen LogP contribution < -0.4 is 0 Å². The quantitative estimate of drug-likeness (QED) is 0.523. The van der Waals surface area contributed by atoms with Gasteiger partial charge in [-0.1, -0.05) is 73.5 Å². The lowest BCUT2D eigenvalue weighted by Crippen LogP contribution is -2.30. The zero-order valence-electron chi connectivity index (χ0n) is 17.6.